The Kier molecular flexibility index (Phi) is 4.50. The number of carbonyl (C=O) groups is 1. The van der Waals surface area contributed by atoms with E-state index < -0.39 is 0 Å². The minimum Gasteiger partial charge on any atom is -0.437 e. The Hall–Kier alpha value is -2.50. The highest BCUT2D eigenvalue weighted by molar-refractivity contribution is 5.73. The van der Waals surface area contributed by atoms with Crippen LogP contribution in [0.2, 0.25) is 0 Å². The lowest BCUT2D eigenvalue weighted by Gasteiger charge is -2.32. The Bertz CT molecular complexity index is 690. The first-order valence-electron chi connectivity index (χ1n) is 7.63. The van der Waals surface area contributed by atoms with Gasteiger partial charge in [-0.3, -0.25) is 9.78 Å². The molecule has 1 aliphatic rings. The molecule has 0 saturated carbocycles. The maximum atomic E-state index is 13.0. The lowest BCUT2D eigenvalue weighted by Crippen LogP contribution is -2.38. The van der Waals surface area contributed by atoms with Crippen molar-refractivity contribution in [3.05, 3.63) is 48.2 Å². The third-order valence-electron chi connectivity index (χ3n) is 3.97. The fourth-order valence-corrected chi connectivity index (χ4v) is 2.80. The summed E-state index contributed by atoms with van der Waals surface area (Å²) in [5.41, 5.74) is 0.739. The van der Waals surface area contributed by atoms with Gasteiger partial charge in [-0.25, -0.2) is 9.37 Å². The molecule has 1 fully saturated rings. The standard InChI is InChI=1S/C17H18FN3O2/c1-12(22)21-10-2-3-13(11-21)16-17(20-9-8-19-16)23-15-6-4-14(18)5-7-15/h4-9,13H,2-3,10-11H2,1H3. The summed E-state index contributed by atoms with van der Waals surface area (Å²) < 4.78 is 18.8. The Labute approximate surface area is 134 Å². The van der Waals surface area contributed by atoms with Crippen LogP contribution in [0.15, 0.2) is 36.7 Å². The Morgan fingerprint density at radius 2 is 2.00 bits per heavy atom. The van der Waals surface area contributed by atoms with Crippen molar-refractivity contribution < 1.29 is 13.9 Å². The molecule has 6 heteroatoms. The van der Waals surface area contributed by atoms with Crippen molar-refractivity contribution in [3.8, 4) is 11.6 Å². The molecule has 0 N–H and O–H groups in total. The fourth-order valence-electron chi connectivity index (χ4n) is 2.80. The van der Waals surface area contributed by atoms with E-state index in [2.05, 4.69) is 9.97 Å². The summed E-state index contributed by atoms with van der Waals surface area (Å²) in [6.07, 6.45) is 5.05. The molecular weight excluding hydrogens is 297 g/mol. The van der Waals surface area contributed by atoms with Gasteiger partial charge >= 0.3 is 0 Å². The van der Waals surface area contributed by atoms with E-state index in [0.29, 0.717) is 18.2 Å². The first-order chi connectivity index (χ1) is 11.1. The highest BCUT2D eigenvalue weighted by Crippen LogP contribution is 2.32. The number of halogens is 1. The van der Waals surface area contributed by atoms with Crippen LogP contribution in [0, 0.1) is 5.82 Å². The lowest BCUT2D eigenvalue weighted by molar-refractivity contribution is -0.130. The summed E-state index contributed by atoms with van der Waals surface area (Å²) in [5, 5.41) is 0. The number of piperidine rings is 1. The number of likely N-dealkylation sites (tertiary alicyclic amines) is 1. The molecule has 5 nitrogen and oxygen atoms in total. The normalized spacial score (nSPS) is 17.8. The molecule has 1 saturated heterocycles. The van der Waals surface area contributed by atoms with E-state index in [-0.39, 0.29) is 17.6 Å². The topological polar surface area (TPSA) is 55.3 Å². The van der Waals surface area contributed by atoms with E-state index in [4.69, 9.17) is 4.74 Å². The van der Waals surface area contributed by atoms with Gasteiger partial charge in [0.05, 0.1) is 0 Å². The van der Waals surface area contributed by atoms with Crippen LogP contribution in [-0.4, -0.2) is 33.9 Å². The van der Waals surface area contributed by atoms with Crippen LogP contribution in [0.4, 0.5) is 4.39 Å². The minimum atomic E-state index is -0.318. The van der Waals surface area contributed by atoms with Gasteiger partial charge in [-0.1, -0.05) is 0 Å². The maximum Gasteiger partial charge on any atom is 0.241 e. The monoisotopic (exact) mass is 315 g/mol. The SMILES string of the molecule is CC(=O)N1CCCC(c2nccnc2Oc2ccc(F)cc2)C1. The number of aromatic nitrogens is 2. The predicted molar refractivity (Wildman–Crippen MR) is 82.7 cm³/mol. The smallest absolute Gasteiger partial charge is 0.241 e. The molecule has 1 amide bonds. The zero-order valence-electron chi connectivity index (χ0n) is 12.9. The molecule has 1 atom stereocenters. The second-order valence-corrected chi connectivity index (χ2v) is 5.61. The average molecular weight is 315 g/mol. The molecule has 1 aliphatic heterocycles. The summed E-state index contributed by atoms with van der Waals surface area (Å²) in [6.45, 7) is 2.98. The van der Waals surface area contributed by atoms with Crippen LogP contribution in [-0.2, 0) is 4.79 Å². The number of nitrogens with zero attached hydrogens (tertiary/aromatic N) is 3. The summed E-state index contributed by atoms with van der Waals surface area (Å²) in [6, 6.07) is 5.78. The molecule has 0 bridgehead atoms. The van der Waals surface area contributed by atoms with E-state index in [9.17, 15) is 9.18 Å². The van der Waals surface area contributed by atoms with Crippen molar-refractivity contribution in [2.75, 3.05) is 13.1 Å². The van der Waals surface area contributed by atoms with Crippen molar-refractivity contribution in [3.63, 3.8) is 0 Å². The van der Waals surface area contributed by atoms with Crippen molar-refractivity contribution >= 4 is 5.91 Å². The molecule has 1 aromatic heterocycles. The summed E-state index contributed by atoms with van der Waals surface area (Å²) in [4.78, 5) is 22.1. The molecule has 1 aromatic carbocycles. The van der Waals surface area contributed by atoms with Crippen molar-refractivity contribution in [2.45, 2.75) is 25.7 Å². The minimum absolute atomic E-state index is 0.0691. The van der Waals surface area contributed by atoms with E-state index in [1.165, 1.54) is 12.1 Å². The summed E-state index contributed by atoms with van der Waals surface area (Å²) >= 11 is 0. The second-order valence-electron chi connectivity index (χ2n) is 5.61. The van der Waals surface area contributed by atoms with Gasteiger partial charge in [-0.05, 0) is 37.1 Å². The van der Waals surface area contributed by atoms with E-state index in [0.717, 1.165) is 25.1 Å². The Balaban J connectivity index is 1.82. The van der Waals surface area contributed by atoms with E-state index in [1.54, 1.807) is 31.5 Å². The van der Waals surface area contributed by atoms with Crippen LogP contribution < -0.4 is 4.74 Å². The lowest BCUT2D eigenvalue weighted by atomic mass is 9.94. The van der Waals surface area contributed by atoms with Gasteiger partial charge in [0, 0.05) is 38.3 Å². The van der Waals surface area contributed by atoms with E-state index in [1.807, 2.05) is 4.90 Å². The molecule has 0 spiro atoms. The maximum absolute atomic E-state index is 13.0. The van der Waals surface area contributed by atoms with Gasteiger partial charge in [0.1, 0.15) is 17.3 Å². The van der Waals surface area contributed by atoms with Gasteiger partial charge in [0.15, 0.2) is 0 Å². The van der Waals surface area contributed by atoms with Gasteiger partial charge in [0.25, 0.3) is 0 Å². The molecule has 0 radical (unpaired) electrons. The van der Waals surface area contributed by atoms with Gasteiger partial charge in [0.2, 0.25) is 11.8 Å². The molecule has 23 heavy (non-hydrogen) atoms. The Morgan fingerprint density at radius 3 is 2.74 bits per heavy atom. The van der Waals surface area contributed by atoms with Gasteiger partial charge in [-0.2, -0.15) is 0 Å². The molecule has 2 heterocycles. The highest BCUT2D eigenvalue weighted by atomic mass is 19.1. The van der Waals surface area contributed by atoms with Crippen LogP contribution in [0.5, 0.6) is 11.6 Å². The molecule has 0 aliphatic carbocycles. The number of hydrogen-bond acceptors (Lipinski definition) is 4. The van der Waals surface area contributed by atoms with Gasteiger partial charge < -0.3 is 9.64 Å². The quantitative estimate of drug-likeness (QED) is 0.873. The summed E-state index contributed by atoms with van der Waals surface area (Å²) in [5.74, 6) is 0.763. The zero-order chi connectivity index (χ0) is 16.2. The third kappa shape index (κ3) is 3.64. The number of benzene rings is 1. The van der Waals surface area contributed by atoms with Crippen LogP contribution in [0.25, 0.3) is 0 Å². The Morgan fingerprint density at radius 1 is 1.26 bits per heavy atom. The first kappa shape index (κ1) is 15.4. The molecule has 120 valence electrons. The number of hydrogen-bond donors (Lipinski definition) is 0. The van der Waals surface area contributed by atoms with Gasteiger partial charge in [-0.15, -0.1) is 0 Å². The highest BCUT2D eigenvalue weighted by Gasteiger charge is 2.27. The molecule has 3 rings (SSSR count). The molecule has 2 aromatic rings. The van der Waals surface area contributed by atoms with Crippen molar-refractivity contribution in [1.82, 2.24) is 14.9 Å². The fraction of sp³-hybridized carbons (Fsp3) is 0.353. The van der Waals surface area contributed by atoms with Crippen LogP contribution >= 0.6 is 0 Å². The average Bonchev–Trinajstić information content (AvgIpc) is 2.57. The number of carbonyl (C=O) groups excluding carboxylic acids is 1. The zero-order valence-corrected chi connectivity index (χ0v) is 12.9. The molecule has 1 unspecified atom stereocenters. The number of ether oxygens (including phenoxy) is 1. The molecular formula is C17H18FN3O2. The number of rotatable bonds is 3. The first-order valence-corrected chi connectivity index (χ1v) is 7.63. The van der Waals surface area contributed by atoms with Crippen LogP contribution in [0.3, 0.4) is 0 Å². The largest absolute Gasteiger partial charge is 0.437 e. The summed E-state index contributed by atoms with van der Waals surface area (Å²) in [7, 11) is 0. The second kappa shape index (κ2) is 6.73. The van der Waals surface area contributed by atoms with E-state index >= 15 is 0 Å². The van der Waals surface area contributed by atoms with Crippen molar-refractivity contribution in [1.29, 1.82) is 0 Å². The van der Waals surface area contributed by atoms with Crippen LogP contribution in [0.1, 0.15) is 31.4 Å². The predicted octanol–water partition coefficient (Wildman–Crippen LogP) is 3.13. The number of amides is 1. The third-order valence-corrected chi connectivity index (χ3v) is 3.97. The van der Waals surface area contributed by atoms with Crippen molar-refractivity contribution in [2.24, 2.45) is 0 Å².